The molecule has 10 nitrogen and oxygen atoms in total. The normalized spacial score (nSPS) is 12.6. The Morgan fingerprint density at radius 3 is 2.41 bits per heavy atom. The molecule has 0 aliphatic heterocycles. The van der Waals surface area contributed by atoms with Crippen molar-refractivity contribution in [1.82, 2.24) is 10.1 Å². The first kappa shape index (κ1) is 27.1. The minimum absolute atomic E-state index is 0.0143. The first-order chi connectivity index (χ1) is 17.8. The van der Waals surface area contributed by atoms with E-state index in [2.05, 4.69) is 10.1 Å². The lowest BCUT2D eigenvalue weighted by atomic mass is 10.1. The zero-order valence-electron chi connectivity index (χ0n) is 20.8. The predicted molar refractivity (Wildman–Crippen MR) is 140 cm³/mol. The Hall–Kier alpha value is -2.90. The number of pyridine rings is 1. The van der Waals surface area contributed by atoms with Crippen LogP contribution >= 0.6 is 22.9 Å². The number of anilines is 1. The summed E-state index contributed by atoms with van der Waals surface area (Å²) in [5.74, 6) is 0.898. The Kier molecular flexibility index (Phi) is 8.24. The van der Waals surface area contributed by atoms with Gasteiger partial charge in [-0.3, -0.25) is 0 Å². The number of fused-ring (bicyclic) bond motifs is 1. The number of nitrogens with zero attached hydrogens (tertiary/aromatic N) is 3. The van der Waals surface area contributed by atoms with Gasteiger partial charge in [0.2, 0.25) is 0 Å². The summed E-state index contributed by atoms with van der Waals surface area (Å²) in [6, 6.07) is 8.75. The number of aryl methyl sites for hydroxylation is 1. The van der Waals surface area contributed by atoms with Gasteiger partial charge in [-0.25, -0.2) is 13.4 Å². The molecular formula is C24H26ClN3O7S2. The summed E-state index contributed by atoms with van der Waals surface area (Å²) in [6.07, 6.45) is 0.418. The fraction of sp³-hybridized carbons (Fsp3) is 0.333. The molecular weight excluding hydrogens is 542 g/mol. The zero-order chi connectivity index (χ0) is 26.7. The second-order valence-corrected chi connectivity index (χ2v) is 10.9. The Labute approximate surface area is 223 Å². The number of ether oxygens (including phenoxy) is 4. The van der Waals surface area contributed by atoms with E-state index in [-0.39, 0.29) is 28.8 Å². The molecule has 198 valence electrons. The number of thiophene rings is 1. The lowest BCUT2D eigenvalue weighted by molar-refractivity contribution is -0.112. The highest BCUT2D eigenvalue weighted by atomic mass is 35.5. The van der Waals surface area contributed by atoms with Crippen molar-refractivity contribution in [2.24, 2.45) is 0 Å². The van der Waals surface area contributed by atoms with E-state index in [1.165, 1.54) is 18.4 Å². The molecule has 0 spiro atoms. The third-order valence-corrected chi connectivity index (χ3v) is 9.07. The maximum atomic E-state index is 14.5. The van der Waals surface area contributed by atoms with Gasteiger partial charge in [0, 0.05) is 42.2 Å². The van der Waals surface area contributed by atoms with E-state index in [0.29, 0.717) is 37.9 Å². The van der Waals surface area contributed by atoms with Gasteiger partial charge in [0.05, 0.1) is 14.2 Å². The number of methoxy groups -OCH3 is 3. The summed E-state index contributed by atoms with van der Waals surface area (Å²) in [6.45, 7) is 3.48. The Morgan fingerprint density at radius 2 is 1.84 bits per heavy atom. The van der Waals surface area contributed by atoms with E-state index >= 15 is 0 Å². The van der Waals surface area contributed by atoms with Crippen LogP contribution in [0.3, 0.4) is 0 Å². The molecule has 0 bridgehead atoms. The molecule has 1 unspecified atom stereocenters. The first-order valence-electron chi connectivity index (χ1n) is 11.1. The van der Waals surface area contributed by atoms with Crippen LogP contribution in [0.2, 0.25) is 5.02 Å². The zero-order valence-corrected chi connectivity index (χ0v) is 23.2. The lowest BCUT2D eigenvalue weighted by Crippen LogP contribution is -2.43. The molecule has 4 aromatic rings. The fourth-order valence-electron chi connectivity index (χ4n) is 3.89. The maximum Gasteiger partial charge on any atom is 0.272 e. The van der Waals surface area contributed by atoms with Gasteiger partial charge in [-0.05, 0) is 38.1 Å². The van der Waals surface area contributed by atoms with Gasteiger partial charge in [-0.1, -0.05) is 22.8 Å². The van der Waals surface area contributed by atoms with Crippen molar-refractivity contribution >= 4 is 49.1 Å². The van der Waals surface area contributed by atoms with Crippen molar-refractivity contribution < 1.29 is 31.9 Å². The highest BCUT2D eigenvalue weighted by Crippen LogP contribution is 2.43. The van der Waals surface area contributed by atoms with Crippen LogP contribution in [-0.4, -0.2) is 52.9 Å². The monoisotopic (exact) mass is 567 g/mol. The fourth-order valence-corrected chi connectivity index (χ4v) is 7.37. The molecule has 4 rings (SSSR count). The second kappa shape index (κ2) is 11.2. The Bertz CT molecular complexity index is 1480. The highest BCUT2D eigenvalue weighted by Gasteiger charge is 2.41. The molecule has 3 heterocycles. The average molecular weight is 568 g/mol. The lowest BCUT2D eigenvalue weighted by Gasteiger charge is -2.28. The summed E-state index contributed by atoms with van der Waals surface area (Å²) in [7, 11) is 0.00178. The van der Waals surface area contributed by atoms with Crippen molar-refractivity contribution in [3.05, 3.63) is 57.7 Å². The molecule has 0 amide bonds. The van der Waals surface area contributed by atoms with E-state index in [1.54, 1.807) is 64.6 Å². The quantitative estimate of drug-likeness (QED) is 0.231. The number of aromatic nitrogens is 2. The van der Waals surface area contributed by atoms with Gasteiger partial charge in [0.1, 0.15) is 31.9 Å². The molecule has 13 heteroatoms. The minimum atomic E-state index is -4.42. The topological polar surface area (TPSA) is 113 Å². The van der Waals surface area contributed by atoms with Crippen LogP contribution in [0.1, 0.15) is 23.1 Å². The van der Waals surface area contributed by atoms with Crippen LogP contribution in [0, 0.1) is 6.92 Å². The van der Waals surface area contributed by atoms with Crippen LogP contribution in [0.25, 0.3) is 10.2 Å². The van der Waals surface area contributed by atoms with Crippen molar-refractivity contribution in [1.29, 1.82) is 0 Å². The SMILES string of the molecule is CCOC(OC)N(c1onc(C)c1Cl)S(=O)(=O)c1c(Cc2c(OC)cccc2OC)sc2ncccc12. The molecule has 1 aromatic carbocycles. The van der Waals surface area contributed by atoms with Crippen LogP contribution in [0.15, 0.2) is 45.9 Å². The maximum absolute atomic E-state index is 14.5. The molecule has 0 N–H and O–H groups in total. The second-order valence-electron chi connectivity index (χ2n) is 7.71. The Morgan fingerprint density at radius 1 is 1.14 bits per heavy atom. The van der Waals surface area contributed by atoms with Gasteiger partial charge in [0.25, 0.3) is 22.3 Å². The number of sulfonamides is 1. The molecule has 0 fully saturated rings. The van der Waals surface area contributed by atoms with E-state index in [1.807, 2.05) is 0 Å². The van der Waals surface area contributed by atoms with Crippen molar-refractivity contribution in [2.45, 2.75) is 31.6 Å². The van der Waals surface area contributed by atoms with E-state index in [0.717, 1.165) is 4.31 Å². The molecule has 0 radical (unpaired) electrons. The van der Waals surface area contributed by atoms with Crippen LogP contribution < -0.4 is 13.8 Å². The number of hydrogen-bond acceptors (Lipinski definition) is 10. The van der Waals surface area contributed by atoms with Crippen LogP contribution in [0.4, 0.5) is 5.88 Å². The van der Waals surface area contributed by atoms with Crippen molar-refractivity contribution in [2.75, 3.05) is 32.2 Å². The molecule has 0 aliphatic carbocycles. The highest BCUT2D eigenvalue weighted by molar-refractivity contribution is 7.93. The van der Waals surface area contributed by atoms with Gasteiger partial charge in [-0.2, -0.15) is 4.31 Å². The van der Waals surface area contributed by atoms with E-state index in [9.17, 15) is 8.42 Å². The van der Waals surface area contributed by atoms with Crippen molar-refractivity contribution in [3.63, 3.8) is 0 Å². The third kappa shape index (κ3) is 4.99. The summed E-state index contributed by atoms with van der Waals surface area (Å²) in [4.78, 5) is 5.46. The summed E-state index contributed by atoms with van der Waals surface area (Å²) in [5, 5.41) is 4.29. The Balaban J connectivity index is 1.98. The largest absolute Gasteiger partial charge is 0.496 e. The number of rotatable bonds is 11. The number of halogens is 1. The molecule has 0 saturated carbocycles. The van der Waals surface area contributed by atoms with Gasteiger partial charge in [0.15, 0.2) is 0 Å². The predicted octanol–water partition coefficient (Wildman–Crippen LogP) is 5.02. The van der Waals surface area contributed by atoms with Gasteiger partial charge >= 0.3 is 0 Å². The molecule has 1 atom stereocenters. The third-order valence-electron chi connectivity index (χ3n) is 5.55. The first-order valence-corrected chi connectivity index (χ1v) is 13.8. The summed E-state index contributed by atoms with van der Waals surface area (Å²) in [5.41, 5.74) is 1.00. The molecule has 3 aromatic heterocycles. The number of hydrogen-bond donors (Lipinski definition) is 0. The van der Waals surface area contributed by atoms with Gasteiger partial charge < -0.3 is 23.5 Å². The van der Waals surface area contributed by atoms with Crippen LogP contribution in [0.5, 0.6) is 11.5 Å². The summed E-state index contributed by atoms with van der Waals surface area (Å²) >= 11 is 7.67. The average Bonchev–Trinajstić information content (AvgIpc) is 3.43. The molecule has 37 heavy (non-hydrogen) atoms. The van der Waals surface area contributed by atoms with E-state index < -0.39 is 16.4 Å². The smallest absolute Gasteiger partial charge is 0.272 e. The van der Waals surface area contributed by atoms with Gasteiger partial charge in [-0.15, -0.1) is 11.3 Å². The molecule has 0 saturated heterocycles. The van der Waals surface area contributed by atoms with E-state index in [4.69, 9.17) is 35.1 Å². The van der Waals surface area contributed by atoms with Crippen molar-refractivity contribution in [3.8, 4) is 11.5 Å². The molecule has 0 aliphatic rings. The summed E-state index contributed by atoms with van der Waals surface area (Å²) < 4.78 is 57.4. The minimum Gasteiger partial charge on any atom is -0.496 e. The number of benzene rings is 1. The standard InChI is InChI=1S/C24H26ClN3O7S2/c1-6-34-24(33-5)28(23-20(25)14(2)27-35-23)37(29,30)21-15-9-8-12-26-22(15)36-19(21)13-16-17(31-3)10-7-11-18(16)32-4/h7-12,24H,6,13H2,1-5H3. The van der Waals surface area contributed by atoms with Crippen LogP contribution in [-0.2, 0) is 25.9 Å².